The second-order valence-corrected chi connectivity index (χ2v) is 14.0. The van der Waals surface area contributed by atoms with Gasteiger partial charge < -0.3 is 14.9 Å². The number of esters is 1. The first-order valence-corrected chi connectivity index (χ1v) is 14.8. The molecule has 4 rings (SSSR count). The maximum Gasteiger partial charge on any atom is 0.306 e. The van der Waals surface area contributed by atoms with Crippen molar-refractivity contribution in [2.24, 2.45) is 40.4 Å². The number of carbonyl (C=O) groups excluding carboxylic acids is 1. The molecule has 4 aliphatic carbocycles. The van der Waals surface area contributed by atoms with E-state index in [4.69, 9.17) is 4.74 Å². The van der Waals surface area contributed by atoms with Crippen LogP contribution in [-0.2, 0) is 9.53 Å². The lowest BCUT2D eigenvalue weighted by Gasteiger charge is -2.59. The van der Waals surface area contributed by atoms with Gasteiger partial charge in [-0.1, -0.05) is 58.8 Å². The van der Waals surface area contributed by atoms with E-state index in [1.54, 1.807) is 0 Å². The highest BCUT2D eigenvalue weighted by molar-refractivity contribution is 5.69. The quantitative estimate of drug-likeness (QED) is 0.192. The van der Waals surface area contributed by atoms with Crippen molar-refractivity contribution in [2.75, 3.05) is 0 Å². The average Bonchev–Trinajstić information content (AvgIpc) is 3.16. The molecule has 2 N–H and O–H groups in total. The molecule has 8 atom stereocenters. The second kappa shape index (κ2) is 10.5. The predicted octanol–water partition coefficient (Wildman–Crippen LogP) is 7.91. The minimum absolute atomic E-state index is 0.0361. The maximum atomic E-state index is 12.2. The van der Waals surface area contributed by atoms with E-state index in [0.29, 0.717) is 29.6 Å². The molecule has 0 aliphatic heterocycles. The average molecular weight is 501 g/mol. The zero-order valence-electron chi connectivity index (χ0n) is 23.7. The van der Waals surface area contributed by atoms with Crippen LogP contribution in [0.5, 0.6) is 0 Å². The molecular formula is C32H52O4. The zero-order chi connectivity index (χ0) is 26.3. The Kier molecular flexibility index (Phi) is 8.06. The van der Waals surface area contributed by atoms with Crippen LogP contribution in [0.4, 0.5) is 0 Å². The highest BCUT2D eigenvalue weighted by Gasteiger charge is 2.61. The van der Waals surface area contributed by atoms with E-state index in [-0.39, 0.29) is 41.5 Å². The first-order chi connectivity index (χ1) is 16.9. The lowest BCUT2D eigenvalue weighted by atomic mass is 9.46. The van der Waals surface area contributed by atoms with Crippen LogP contribution in [-0.4, -0.2) is 27.9 Å². The van der Waals surface area contributed by atoms with Crippen molar-refractivity contribution < 1.29 is 19.7 Å². The van der Waals surface area contributed by atoms with Gasteiger partial charge in [0.25, 0.3) is 0 Å². The van der Waals surface area contributed by atoms with E-state index in [9.17, 15) is 15.0 Å². The number of aliphatic hydroxyl groups is 2. The van der Waals surface area contributed by atoms with E-state index in [0.717, 1.165) is 38.5 Å². The van der Waals surface area contributed by atoms with E-state index >= 15 is 0 Å². The monoisotopic (exact) mass is 500 g/mol. The number of rotatable bonds is 9. The van der Waals surface area contributed by atoms with Crippen molar-refractivity contribution in [2.45, 2.75) is 130 Å². The summed E-state index contributed by atoms with van der Waals surface area (Å²) in [7, 11) is 0. The summed E-state index contributed by atoms with van der Waals surface area (Å²) in [5.74, 6) is 3.05. The Labute approximate surface area is 220 Å². The molecule has 0 heterocycles. The molecule has 0 spiro atoms. The first-order valence-electron chi connectivity index (χ1n) is 14.8. The van der Waals surface area contributed by atoms with Gasteiger partial charge in [0.2, 0.25) is 0 Å². The van der Waals surface area contributed by atoms with Gasteiger partial charge in [0.15, 0.2) is 0 Å². The number of hydrogen-bond donors (Lipinski definition) is 2. The van der Waals surface area contributed by atoms with Crippen LogP contribution in [0.25, 0.3) is 0 Å². The number of allylic oxidation sites excluding steroid dienone is 2. The van der Waals surface area contributed by atoms with Gasteiger partial charge in [-0.05, 0) is 98.7 Å². The number of carbonyl (C=O) groups is 1. The Bertz CT molecular complexity index is 856. The topological polar surface area (TPSA) is 66.8 Å². The van der Waals surface area contributed by atoms with Gasteiger partial charge in [-0.25, -0.2) is 0 Å². The molecule has 4 heteroatoms. The zero-order valence-corrected chi connectivity index (χ0v) is 23.7. The SMILES string of the molecule is C=C(O)CCC(=O)O[C@H]1CC[C@@]2(C)C(=CC[C@H]3[C@@H]4CC[C@H](C(C)(O)CCCC(C)C)[C@@]4(C)CC[C@@H]32)C1. The molecule has 1 unspecified atom stereocenters. The summed E-state index contributed by atoms with van der Waals surface area (Å²) in [5, 5.41) is 20.9. The van der Waals surface area contributed by atoms with Gasteiger partial charge in [-0.3, -0.25) is 4.79 Å². The number of hydrogen-bond acceptors (Lipinski definition) is 4. The Morgan fingerprint density at radius 2 is 1.92 bits per heavy atom. The predicted molar refractivity (Wildman–Crippen MR) is 145 cm³/mol. The molecule has 0 aromatic rings. The molecule has 0 aromatic carbocycles. The second-order valence-electron chi connectivity index (χ2n) is 14.0. The highest BCUT2D eigenvalue weighted by atomic mass is 16.5. The summed E-state index contributed by atoms with van der Waals surface area (Å²) >= 11 is 0. The van der Waals surface area contributed by atoms with E-state index in [1.165, 1.54) is 37.7 Å². The minimum Gasteiger partial charge on any atom is -0.513 e. The number of aliphatic hydroxyl groups excluding tert-OH is 1. The van der Waals surface area contributed by atoms with Crippen LogP contribution >= 0.6 is 0 Å². The van der Waals surface area contributed by atoms with Gasteiger partial charge in [0.1, 0.15) is 6.10 Å². The Morgan fingerprint density at radius 3 is 2.61 bits per heavy atom. The number of fused-ring (bicyclic) bond motifs is 5. The van der Waals surface area contributed by atoms with Gasteiger partial charge >= 0.3 is 5.97 Å². The van der Waals surface area contributed by atoms with Crippen LogP contribution in [0.1, 0.15) is 118 Å². The molecule has 0 saturated heterocycles. The van der Waals surface area contributed by atoms with Crippen molar-refractivity contribution in [1.29, 1.82) is 0 Å². The van der Waals surface area contributed by atoms with Crippen LogP contribution in [0.3, 0.4) is 0 Å². The fourth-order valence-electron chi connectivity index (χ4n) is 9.28. The van der Waals surface area contributed by atoms with Crippen molar-refractivity contribution in [1.82, 2.24) is 0 Å². The van der Waals surface area contributed by atoms with Crippen LogP contribution in [0.15, 0.2) is 24.0 Å². The third-order valence-corrected chi connectivity index (χ3v) is 11.2. The fraction of sp³-hybridized carbons (Fsp3) is 0.844. The van der Waals surface area contributed by atoms with Crippen molar-refractivity contribution >= 4 is 5.97 Å². The van der Waals surface area contributed by atoms with E-state index in [2.05, 4.69) is 47.3 Å². The third-order valence-electron chi connectivity index (χ3n) is 11.2. The van der Waals surface area contributed by atoms with E-state index < -0.39 is 5.60 Å². The standard InChI is InChI=1S/C32H52O4/c1-21(2)8-7-17-32(6,35)28-13-12-26-25-11-10-23-20-24(36-29(34)14-9-22(3)33)15-18-30(23,4)27(25)16-19-31(26,28)5/h10,21,24-28,33,35H,3,7-9,11-20H2,1-2,4-6H3/t24-,25-,26-,27-,28-,30-,31-,32?/m0/s1. The Balaban J connectivity index is 1.43. The normalized spacial score (nSPS) is 39.4. The van der Waals surface area contributed by atoms with Crippen molar-refractivity contribution in [3.05, 3.63) is 24.0 Å². The van der Waals surface area contributed by atoms with Crippen LogP contribution in [0, 0.1) is 40.4 Å². The van der Waals surface area contributed by atoms with Crippen LogP contribution < -0.4 is 0 Å². The van der Waals surface area contributed by atoms with E-state index in [1.807, 2.05) is 0 Å². The van der Waals surface area contributed by atoms with Crippen molar-refractivity contribution in [3.8, 4) is 0 Å². The molecule has 3 fully saturated rings. The molecule has 36 heavy (non-hydrogen) atoms. The summed E-state index contributed by atoms with van der Waals surface area (Å²) in [6.45, 7) is 15.2. The van der Waals surface area contributed by atoms with Crippen LogP contribution in [0.2, 0.25) is 0 Å². The molecule has 204 valence electrons. The van der Waals surface area contributed by atoms with Gasteiger partial charge in [0, 0.05) is 12.8 Å². The Hall–Kier alpha value is -1.29. The Morgan fingerprint density at radius 1 is 1.17 bits per heavy atom. The molecular weight excluding hydrogens is 448 g/mol. The highest BCUT2D eigenvalue weighted by Crippen LogP contribution is 2.67. The molecule has 0 aromatic heterocycles. The lowest BCUT2D eigenvalue weighted by molar-refractivity contribution is -0.152. The molecule has 4 aliphatic rings. The fourth-order valence-corrected chi connectivity index (χ4v) is 9.28. The molecule has 3 saturated carbocycles. The summed E-state index contributed by atoms with van der Waals surface area (Å²) in [6, 6.07) is 0. The molecule has 4 nitrogen and oxygen atoms in total. The minimum atomic E-state index is -0.560. The lowest BCUT2D eigenvalue weighted by Crippen LogP contribution is -2.53. The summed E-state index contributed by atoms with van der Waals surface area (Å²) in [5.41, 5.74) is 1.41. The molecule has 0 bridgehead atoms. The summed E-state index contributed by atoms with van der Waals surface area (Å²) in [4.78, 5) is 12.2. The summed E-state index contributed by atoms with van der Waals surface area (Å²) < 4.78 is 5.80. The van der Waals surface area contributed by atoms with Crippen molar-refractivity contribution in [3.63, 3.8) is 0 Å². The van der Waals surface area contributed by atoms with Gasteiger partial charge in [-0.15, -0.1) is 0 Å². The smallest absolute Gasteiger partial charge is 0.306 e. The van der Waals surface area contributed by atoms with Gasteiger partial charge in [-0.2, -0.15) is 0 Å². The third kappa shape index (κ3) is 5.31. The largest absolute Gasteiger partial charge is 0.513 e. The molecule has 0 amide bonds. The maximum absolute atomic E-state index is 12.2. The molecule has 0 radical (unpaired) electrons. The number of ether oxygens (including phenoxy) is 1. The summed E-state index contributed by atoms with van der Waals surface area (Å²) in [6.07, 6.45) is 15.2. The van der Waals surface area contributed by atoms with Gasteiger partial charge in [0.05, 0.1) is 17.8 Å². The first kappa shape index (κ1) is 27.7.